The lowest BCUT2D eigenvalue weighted by Crippen LogP contribution is -2.52. The molecule has 6 rings (SSSR count). The molecule has 338 valence electrons. The van der Waals surface area contributed by atoms with Gasteiger partial charge in [-0.15, -0.1) is 12.4 Å². The topological polar surface area (TPSA) is 166 Å². The third-order valence-electron chi connectivity index (χ3n) is 9.53. The SMILES string of the molecule is C=O.COC(=O)c1ccc(CN(c2ccc(F)c(Cl)c2)S(=O)(=O)N2CCN(C)CC2)cc1.COC(=O)c1ccc(CN(c2ccc(F)c(Cl)c2)S(=O)(=O)N2CCNCC2)cc1.Cl. The molecule has 4 aromatic carbocycles. The van der Waals surface area contributed by atoms with Gasteiger partial charge in [0.1, 0.15) is 18.4 Å². The van der Waals surface area contributed by atoms with Crippen molar-refractivity contribution in [3.63, 3.8) is 0 Å². The van der Waals surface area contributed by atoms with Crippen molar-refractivity contribution in [2.24, 2.45) is 0 Å². The molecule has 0 atom stereocenters. The molecule has 22 heteroatoms. The summed E-state index contributed by atoms with van der Waals surface area (Å²) in [5, 5.41) is 2.79. The molecule has 2 fully saturated rings. The number of nitrogens with zero attached hydrogens (tertiary/aromatic N) is 5. The molecule has 2 aliphatic rings. The first-order valence-corrected chi connectivity index (χ1v) is 22.1. The van der Waals surface area contributed by atoms with Gasteiger partial charge in [0.2, 0.25) is 0 Å². The van der Waals surface area contributed by atoms with Crippen LogP contribution in [0, 0.1) is 11.6 Å². The van der Waals surface area contributed by atoms with E-state index in [0.29, 0.717) is 74.6 Å². The molecule has 2 aliphatic heterocycles. The second-order valence-corrected chi connectivity index (χ2v) is 18.0. The number of carbonyl (C=O) groups is 3. The van der Waals surface area contributed by atoms with Gasteiger partial charge in [0, 0.05) is 52.4 Å². The Morgan fingerprint density at radius 3 is 1.34 bits per heavy atom. The third kappa shape index (κ3) is 13.3. The Balaban J connectivity index is 0.000000313. The van der Waals surface area contributed by atoms with Crippen LogP contribution in [0.4, 0.5) is 20.2 Å². The van der Waals surface area contributed by atoms with E-state index >= 15 is 0 Å². The highest BCUT2D eigenvalue weighted by molar-refractivity contribution is 7.90. The zero-order valence-corrected chi connectivity index (χ0v) is 38.0. The number of hydrogen-bond donors (Lipinski definition) is 1. The number of esters is 2. The Bertz CT molecular complexity index is 2340. The second kappa shape index (κ2) is 23.9. The first-order chi connectivity index (χ1) is 29.0. The van der Waals surface area contributed by atoms with Crippen LogP contribution in [-0.2, 0) is 47.8 Å². The molecule has 4 aromatic rings. The lowest BCUT2D eigenvalue weighted by molar-refractivity contribution is -0.0980. The first-order valence-electron chi connectivity index (χ1n) is 18.5. The van der Waals surface area contributed by atoms with Gasteiger partial charge in [-0.05, 0) is 78.8 Å². The highest BCUT2D eigenvalue weighted by atomic mass is 35.5. The number of halogens is 5. The van der Waals surface area contributed by atoms with Crippen molar-refractivity contribution in [3.8, 4) is 0 Å². The Morgan fingerprint density at radius 2 is 1.00 bits per heavy atom. The number of hydrogen-bond acceptors (Lipinski definition) is 11. The summed E-state index contributed by atoms with van der Waals surface area (Å²) in [7, 11) is -3.26. The minimum atomic E-state index is -3.89. The highest BCUT2D eigenvalue weighted by Crippen LogP contribution is 2.30. The molecule has 2 heterocycles. The standard InChI is InChI=1S/C20H23ClFN3O4S.C19H21ClFN3O4S.CH2O.ClH/c1-23-9-11-24(12-10-23)30(27,28)25(17-7-8-19(22)18(21)13-17)14-15-3-5-16(6-4-15)20(26)29-2;1-28-19(25)15-4-2-14(3-5-15)13-24(16-6-7-18(21)17(20)12-16)29(26,27)23-10-8-22-9-11-23;1-2;/h3-8,13H,9-12,14H2,1-2H3;2-7,12,22H,8-11,13H2,1H3;1H2;1H. The summed E-state index contributed by atoms with van der Waals surface area (Å²) < 4.78 is 95.4. The van der Waals surface area contributed by atoms with Gasteiger partial charge in [0.05, 0.1) is 59.9 Å². The predicted molar refractivity (Wildman–Crippen MR) is 236 cm³/mol. The normalized spacial score (nSPS) is 14.8. The van der Waals surface area contributed by atoms with Crippen LogP contribution in [0.3, 0.4) is 0 Å². The van der Waals surface area contributed by atoms with Gasteiger partial charge in [-0.3, -0.25) is 8.61 Å². The van der Waals surface area contributed by atoms with Crippen LogP contribution in [-0.4, -0.2) is 123 Å². The molecule has 0 bridgehead atoms. The summed E-state index contributed by atoms with van der Waals surface area (Å²) in [6.45, 7) is 5.68. The first kappa shape index (κ1) is 51.9. The van der Waals surface area contributed by atoms with E-state index in [4.69, 9.17) is 28.0 Å². The molecule has 0 radical (unpaired) electrons. The summed E-state index contributed by atoms with van der Waals surface area (Å²) >= 11 is 11.8. The van der Waals surface area contributed by atoms with E-state index in [2.05, 4.69) is 19.7 Å². The van der Waals surface area contributed by atoms with E-state index in [1.54, 1.807) is 48.5 Å². The van der Waals surface area contributed by atoms with Crippen LogP contribution in [0.15, 0.2) is 84.9 Å². The van der Waals surface area contributed by atoms with Crippen molar-refractivity contribution in [3.05, 3.63) is 129 Å². The maximum absolute atomic E-state index is 13.7. The summed E-state index contributed by atoms with van der Waals surface area (Å²) in [4.78, 5) is 33.3. The molecule has 0 amide bonds. The van der Waals surface area contributed by atoms with Gasteiger partial charge in [0.15, 0.2) is 0 Å². The zero-order valence-electron chi connectivity index (χ0n) is 34.0. The van der Waals surface area contributed by atoms with E-state index in [1.807, 2.05) is 13.8 Å². The van der Waals surface area contributed by atoms with Gasteiger partial charge in [-0.2, -0.15) is 25.4 Å². The molecule has 2 saturated heterocycles. The third-order valence-corrected chi connectivity index (χ3v) is 13.9. The molecule has 62 heavy (non-hydrogen) atoms. The molecule has 0 saturated carbocycles. The quantitative estimate of drug-likeness (QED) is 0.180. The number of nitrogens with one attached hydrogen (secondary N) is 1. The van der Waals surface area contributed by atoms with Crippen LogP contribution < -0.4 is 13.9 Å². The van der Waals surface area contributed by atoms with Crippen molar-refractivity contribution >= 4 is 86.1 Å². The lowest BCUT2D eigenvalue weighted by atomic mass is 10.1. The fourth-order valence-electron chi connectivity index (χ4n) is 6.12. The van der Waals surface area contributed by atoms with Crippen molar-refractivity contribution in [1.82, 2.24) is 18.8 Å². The summed E-state index contributed by atoms with van der Waals surface area (Å²) in [6.07, 6.45) is 0. The number of carbonyl (C=O) groups excluding carboxylic acids is 3. The summed E-state index contributed by atoms with van der Waals surface area (Å²) in [5.74, 6) is -2.21. The van der Waals surface area contributed by atoms with Crippen LogP contribution >= 0.6 is 35.6 Å². The van der Waals surface area contributed by atoms with E-state index in [0.717, 1.165) is 12.1 Å². The molecule has 15 nitrogen and oxygen atoms in total. The monoisotopic (exact) mass is 962 g/mol. The Hall–Kier alpha value is -4.44. The van der Waals surface area contributed by atoms with Gasteiger partial charge >= 0.3 is 32.4 Å². The average Bonchev–Trinajstić information content (AvgIpc) is 3.27. The van der Waals surface area contributed by atoms with Gasteiger partial charge in [-0.1, -0.05) is 47.5 Å². The molecule has 0 unspecified atom stereocenters. The predicted octanol–water partition coefficient (Wildman–Crippen LogP) is 5.42. The highest BCUT2D eigenvalue weighted by Gasteiger charge is 2.34. The van der Waals surface area contributed by atoms with Crippen molar-refractivity contribution in [2.75, 3.05) is 82.2 Å². The molecular formula is C40H47Cl3F2N6O9S2. The zero-order chi connectivity index (χ0) is 44.9. The van der Waals surface area contributed by atoms with E-state index in [9.17, 15) is 35.2 Å². The number of rotatable bonds is 12. The summed E-state index contributed by atoms with van der Waals surface area (Å²) in [6, 6.07) is 20.5. The number of likely N-dealkylation sites (N-methyl/N-ethyl adjacent to an activating group) is 1. The number of ether oxygens (including phenoxy) is 2. The maximum Gasteiger partial charge on any atom is 0.337 e. The number of benzene rings is 4. The molecule has 0 aliphatic carbocycles. The summed E-state index contributed by atoms with van der Waals surface area (Å²) in [5.41, 5.74) is 2.54. The van der Waals surface area contributed by atoms with E-state index in [1.165, 1.54) is 55.7 Å². The van der Waals surface area contributed by atoms with E-state index < -0.39 is 44.0 Å². The fourth-order valence-corrected chi connectivity index (χ4v) is 9.69. The van der Waals surface area contributed by atoms with Crippen molar-refractivity contribution < 1.29 is 49.5 Å². The largest absolute Gasteiger partial charge is 0.465 e. The van der Waals surface area contributed by atoms with Gasteiger partial charge in [0.25, 0.3) is 0 Å². The second-order valence-electron chi connectivity index (χ2n) is 13.5. The minimum Gasteiger partial charge on any atom is -0.465 e. The van der Waals surface area contributed by atoms with Crippen LogP contribution in [0.25, 0.3) is 0 Å². The van der Waals surface area contributed by atoms with Crippen LogP contribution in [0.1, 0.15) is 31.8 Å². The number of piperazine rings is 2. The molecule has 0 aromatic heterocycles. The van der Waals surface area contributed by atoms with Crippen LogP contribution in [0.5, 0.6) is 0 Å². The van der Waals surface area contributed by atoms with Crippen molar-refractivity contribution in [2.45, 2.75) is 13.1 Å². The fraction of sp³-hybridized carbons (Fsp3) is 0.325. The average molecular weight is 964 g/mol. The Labute approximate surface area is 376 Å². The van der Waals surface area contributed by atoms with Gasteiger partial charge in [-0.25, -0.2) is 18.4 Å². The maximum atomic E-state index is 13.7. The van der Waals surface area contributed by atoms with E-state index in [-0.39, 0.29) is 46.9 Å². The Kier molecular flexibility index (Phi) is 20.0. The molecule has 0 spiro atoms. The van der Waals surface area contributed by atoms with Gasteiger partial charge < -0.3 is 24.5 Å². The number of methoxy groups -OCH3 is 2. The minimum absolute atomic E-state index is 0. The number of anilines is 2. The molecular weight excluding hydrogens is 917 g/mol. The smallest absolute Gasteiger partial charge is 0.337 e. The lowest BCUT2D eigenvalue weighted by Gasteiger charge is -2.36. The van der Waals surface area contributed by atoms with Crippen molar-refractivity contribution in [1.29, 1.82) is 0 Å². The molecule has 1 N–H and O–H groups in total. The Morgan fingerprint density at radius 1 is 0.645 bits per heavy atom. The van der Waals surface area contributed by atoms with Crippen LogP contribution in [0.2, 0.25) is 10.0 Å².